The Morgan fingerprint density at radius 3 is 2.63 bits per heavy atom. The van der Waals surface area contributed by atoms with Crippen molar-refractivity contribution in [2.24, 2.45) is 0 Å². The summed E-state index contributed by atoms with van der Waals surface area (Å²) in [6.45, 7) is 6.98. The summed E-state index contributed by atoms with van der Waals surface area (Å²) >= 11 is 8.41. The Kier molecular flexibility index (Phi) is 5.21. The highest BCUT2D eigenvalue weighted by molar-refractivity contribution is 8.00. The van der Waals surface area contributed by atoms with Crippen LogP contribution in [0.4, 0.5) is 0 Å². The van der Waals surface area contributed by atoms with Crippen molar-refractivity contribution in [3.8, 4) is 0 Å². The van der Waals surface area contributed by atoms with Crippen LogP contribution in [-0.2, 0) is 19.5 Å². The van der Waals surface area contributed by atoms with Gasteiger partial charge in [0.05, 0.1) is 16.4 Å². The molecule has 19 heavy (non-hydrogen) atoms. The van der Waals surface area contributed by atoms with E-state index in [1.807, 2.05) is 16.4 Å². The first-order chi connectivity index (χ1) is 9.15. The van der Waals surface area contributed by atoms with E-state index >= 15 is 0 Å². The highest BCUT2D eigenvalue weighted by Gasteiger charge is 2.35. The summed E-state index contributed by atoms with van der Waals surface area (Å²) in [6.07, 6.45) is 7.16. The molecule has 1 fully saturated rings. The van der Waals surface area contributed by atoms with E-state index in [1.165, 1.54) is 19.3 Å². The quantitative estimate of drug-likeness (QED) is 0.836. The van der Waals surface area contributed by atoms with Gasteiger partial charge in [0.1, 0.15) is 0 Å². The van der Waals surface area contributed by atoms with Crippen LogP contribution in [0.3, 0.4) is 0 Å². The lowest BCUT2D eigenvalue weighted by Gasteiger charge is -2.40. The Hall–Kier alpha value is -0.190. The number of halogens is 1. The van der Waals surface area contributed by atoms with Crippen molar-refractivity contribution in [1.29, 1.82) is 0 Å². The molecule has 0 unspecified atom stereocenters. The normalized spacial score (nSPS) is 17.5. The molecule has 108 valence electrons. The number of rotatable bonds is 7. The van der Waals surface area contributed by atoms with E-state index < -0.39 is 0 Å². The van der Waals surface area contributed by atoms with Gasteiger partial charge in [0.15, 0.2) is 0 Å². The fraction of sp³-hybridized carbons (Fsp3) is 0.786. The number of aromatic nitrogens is 2. The van der Waals surface area contributed by atoms with Crippen LogP contribution < -0.4 is 5.32 Å². The monoisotopic (exact) mass is 301 g/mol. The van der Waals surface area contributed by atoms with Gasteiger partial charge in [0.25, 0.3) is 0 Å². The molecule has 0 aromatic carbocycles. The molecular formula is C14H24ClN3S. The van der Waals surface area contributed by atoms with Crippen LogP contribution in [0.15, 0.2) is 0 Å². The number of hydrogen-bond acceptors (Lipinski definition) is 3. The van der Waals surface area contributed by atoms with Crippen molar-refractivity contribution >= 4 is 23.4 Å². The fourth-order valence-corrected chi connectivity index (χ4v) is 3.90. The van der Waals surface area contributed by atoms with E-state index in [-0.39, 0.29) is 0 Å². The van der Waals surface area contributed by atoms with E-state index in [1.54, 1.807) is 0 Å². The fourth-order valence-electron chi connectivity index (χ4n) is 2.62. The minimum atomic E-state index is 0.469. The van der Waals surface area contributed by atoms with E-state index in [0.717, 1.165) is 42.5 Å². The zero-order valence-corrected chi connectivity index (χ0v) is 13.7. The summed E-state index contributed by atoms with van der Waals surface area (Å²) in [7, 11) is 0. The molecule has 1 aromatic heterocycles. The van der Waals surface area contributed by atoms with Crippen LogP contribution in [0.25, 0.3) is 0 Å². The maximum atomic E-state index is 6.41. The molecule has 0 bridgehead atoms. The third kappa shape index (κ3) is 3.11. The van der Waals surface area contributed by atoms with Crippen LogP contribution in [0.5, 0.6) is 0 Å². The van der Waals surface area contributed by atoms with Gasteiger partial charge in [-0.1, -0.05) is 24.9 Å². The van der Waals surface area contributed by atoms with Gasteiger partial charge in [-0.15, -0.1) is 0 Å². The summed E-state index contributed by atoms with van der Waals surface area (Å²) in [5.74, 6) is 0. The maximum Gasteiger partial charge on any atom is 0.0863 e. The van der Waals surface area contributed by atoms with Crippen LogP contribution in [0, 0.1) is 0 Å². The van der Waals surface area contributed by atoms with Crippen LogP contribution in [0.2, 0.25) is 5.02 Å². The Morgan fingerprint density at radius 1 is 1.42 bits per heavy atom. The molecule has 1 N–H and O–H groups in total. The lowest BCUT2D eigenvalue weighted by atomic mass is 9.84. The second-order valence-corrected chi connectivity index (χ2v) is 6.87. The SMILES string of the molecule is CCc1nn(CC)c(CNCC2(SC)CCC2)c1Cl. The second-order valence-electron chi connectivity index (χ2n) is 5.22. The van der Waals surface area contributed by atoms with Crippen molar-refractivity contribution < 1.29 is 0 Å². The third-order valence-electron chi connectivity index (χ3n) is 4.13. The summed E-state index contributed by atoms with van der Waals surface area (Å²) in [4.78, 5) is 0. The molecule has 1 aromatic rings. The molecule has 0 spiro atoms. The first kappa shape index (κ1) is 15.2. The van der Waals surface area contributed by atoms with Gasteiger partial charge < -0.3 is 5.32 Å². The predicted molar refractivity (Wildman–Crippen MR) is 84.1 cm³/mol. The maximum absolute atomic E-state index is 6.41. The van der Waals surface area contributed by atoms with E-state index in [0.29, 0.717) is 4.75 Å². The summed E-state index contributed by atoms with van der Waals surface area (Å²) in [5.41, 5.74) is 2.15. The predicted octanol–water partition coefficient (Wildman–Crippen LogP) is 3.49. The lowest BCUT2D eigenvalue weighted by Crippen LogP contribution is -2.43. The first-order valence-electron chi connectivity index (χ1n) is 7.15. The van der Waals surface area contributed by atoms with Crippen LogP contribution in [-0.4, -0.2) is 27.3 Å². The van der Waals surface area contributed by atoms with Crippen molar-refractivity contribution in [2.45, 2.75) is 57.4 Å². The highest BCUT2D eigenvalue weighted by Crippen LogP contribution is 2.42. The molecule has 0 saturated heterocycles. The zero-order valence-electron chi connectivity index (χ0n) is 12.1. The smallest absolute Gasteiger partial charge is 0.0863 e. The highest BCUT2D eigenvalue weighted by atomic mass is 35.5. The topological polar surface area (TPSA) is 29.9 Å². The van der Waals surface area contributed by atoms with Gasteiger partial charge in [-0.2, -0.15) is 16.9 Å². The molecule has 0 amide bonds. The average molecular weight is 302 g/mol. The van der Waals surface area contributed by atoms with Gasteiger partial charge in [-0.3, -0.25) is 4.68 Å². The molecular weight excluding hydrogens is 278 g/mol. The number of nitrogens with one attached hydrogen (secondary N) is 1. The molecule has 1 saturated carbocycles. The minimum absolute atomic E-state index is 0.469. The summed E-state index contributed by atoms with van der Waals surface area (Å²) in [5, 5.41) is 8.99. The van der Waals surface area contributed by atoms with Crippen LogP contribution in [0.1, 0.15) is 44.5 Å². The number of thioether (sulfide) groups is 1. The summed E-state index contributed by atoms with van der Waals surface area (Å²) in [6, 6.07) is 0. The number of aryl methyl sites for hydroxylation is 2. The Morgan fingerprint density at radius 2 is 2.16 bits per heavy atom. The Balaban J connectivity index is 1.97. The number of hydrogen-bond donors (Lipinski definition) is 1. The van der Waals surface area contributed by atoms with Crippen molar-refractivity contribution in [3.63, 3.8) is 0 Å². The van der Waals surface area contributed by atoms with Gasteiger partial charge >= 0.3 is 0 Å². The molecule has 0 aliphatic heterocycles. The van der Waals surface area contributed by atoms with Crippen LogP contribution >= 0.6 is 23.4 Å². The van der Waals surface area contributed by atoms with E-state index in [4.69, 9.17) is 11.6 Å². The van der Waals surface area contributed by atoms with E-state index in [2.05, 4.69) is 30.5 Å². The molecule has 5 heteroatoms. The molecule has 2 rings (SSSR count). The zero-order chi connectivity index (χ0) is 13.9. The first-order valence-corrected chi connectivity index (χ1v) is 8.76. The molecule has 0 radical (unpaired) electrons. The molecule has 0 atom stereocenters. The van der Waals surface area contributed by atoms with Gasteiger partial charge in [0.2, 0.25) is 0 Å². The minimum Gasteiger partial charge on any atom is -0.310 e. The lowest BCUT2D eigenvalue weighted by molar-refractivity contribution is 0.343. The molecule has 1 aliphatic carbocycles. The number of nitrogens with zero attached hydrogens (tertiary/aromatic N) is 2. The van der Waals surface area contributed by atoms with Crippen molar-refractivity contribution in [1.82, 2.24) is 15.1 Å². The summed E-state index contributed by atoms with van der Waals surface area (Å²) < 4.78 is 2.50. The largest absolute Gasteiger partial charge is 0.310 e. The van der Waals surface area contributed by atoms with Gasteiger partial charge in [-0.25, -0.2) is 0 Å². The van der Waals surface area contributed by atoms with Gasteiger partial charge in [0, 0.05) is 24.4 Å². The molecule has 3 nitrogen and oxygen atoms in total. The third-order valence-corrected chi connectivity index (χ3v) is 5.99. The molecule has 1 aliphatic rings. The molecule has 1 heterocycles. The standard InChI is InChI=1S/C14H24ClN3S/c1-4-11-13(15)12(18(5-2)17-11)9-16-10-14(19-3)7-6-8-14/h16H,4-10H2,1-3H3. The van der Waals surface area contributed by atoms with Gasteiger partial charge in [-0.05, 0) is 32.4 Å². The second kappa shape index (κ2) is 6.51. The Bertz CT molecular complexity index is 421. The van der Waals surface area contributed by atoms with Crippen molar-refractivity contribution in [3.05, 3.63) is 16.4 Å². The van der Waals surface area contributed by atoms with E-state index in [9.17, 15) is 0 Å². The average Bonchev–Trinajstić information content (AvgIpc) is 2.69. The van der Waals surface area contributed by atoms with Crippen molar-refractivity contribution in [2.75, 3.05) is 12.8 Å². The Labute approximate surface area is 125 Å².